The third-order valence-corrected chi connectivity index (χ3v) is 3.34. The second-order valence-corrected chi connectivity index (χ2v) is 5.05. The van der Waals surface area contributed by atoms with Gasteiger partial charge in [0.15, 0.2) is 5.78 Å². The standard InChI is InChI=1S/C14H17ClO2/c1-10(17-9-8-11-2-3-11)14(16)12-4-6-13(15)7-5-12/h4-7,10-11H,2-3,8-9H2,1H3. The Morgan fingerprint density at radius 1 is 1.41 bits per heavy atom. The number of carbonyl (C=O) groups is 1. The van der Waals surface area contributed by atoms with Crippen LogP contribution >= 0.6 is 11.6 Å². The van der Waals surface area contributed by atoms with Crippen LogP contribution in [0.3, 0.4) is 0 Å². The second-order valence-electron chi connectivity index (χ2n) is 4.62. The van der Waals surface area contributed by atoms with E-state index in [1.807, 2.05) is 6.92 Å². The maximum Gasteiger partial charge on any atom is 0.191 e. The van der Waals surface area contributed by atoms with E-state index < -0.39 is 0 Å². The molecule has 1 aliphatic rings. The van der Waals surface area contributed by atoms with Gasteiger partial charge in [-0.2, -0.15) is 0 Å². The fourth-order valence-electron chi connectivity index (χ4n) is 1.74. The zero-order valence-electron chi connectivity index (χ0n) is 9.99. The van der Waals surface area contributed by atoms with Crippen molar-refractivity contribution in [2.75, 3.05) is 6.61 Å². The molecule has 0 amide bonds. The summed E-state index contributed by atoms with van der Waals surface area (Å²) in [5, 5.41) is 0.642. The Morgan fingerprint density at radius 3 is 2.65 bits per heavy atom. The van der Waals surface area contributed by atoms with E-state index in [0.29, 0.717) is 17.2 Å². The number of ether oxygens (including phenoxy) is 1. The number of hydrogen-bond donors (Lipinski definition) is 0. The molecule has 2 nitrogen and oxygen atoms in total. The van der Waals surface area contributed by atoms with E-state index in [-0.39, 0.29) is 11.9 Å². The Morgan fingerprint density at radius 2 is 2.06 bits per heavy atom. The Balaban J connectivity index is 1.82. The minimum absolute atomic E-state index is 0.0254. The van der Waals surface area contributed by atoms with Crippen LogP contribution in [0.5, 0.6) is 0 Å². The van der Waals surface area contributed by atoms with Crippen molar-refractivity contribution < 1.29 is 9.53 Å². The predicted octanol–water partition coefficient (Wildman–Crippen LogP) is 3.73. The molecular formula is C14H17ClO2. The molecule has 0 heterocycles. The molecule has 1 saturated carbocycles. The van der Waals surface area contributed by atoms with Crippen molar-refractivity contribution in [3.63, 3.8) is 0 Å². The van der Waals surface area contributed by atoms with Gasteiger partial charge in [-0.3, -0.25) is 4.79 Å². The highest BCUT2D eigenvalue weighted by molar-refractivity contribution is 6.30. The van der Waals surface area contributed by atoms with Gasteiger partial charge >= 0.3 is 0 Å². The molecule has 0 aliphatic heterocycles. The van der Waals surface area contributed by atoms with Gasteiger partial charge < -0.3 is 4.74 Å². The first-order valence-corrected chi connectivity index (χ1v) is 6.46. The first kappa shape index (κ1) is 12.6. The summed E-state index contributed by atoms with van der Waals surface area (Å²) in [6, 6.07) is 6.94. The zero-order valence-corrected chi connectivity index (χ0v) is 10.7. The van der Waals surface area contributed by atoms with Crippen LogP contribution in [0.1, 0.15) is 36.5 Å². The van der Waals surface area contributed by atoms with Gasteiger partial charge in [-0.05, 0) is 43.5 Å². The summed E-state index contributed by atoms with van der Waals surface area (Å²) in [6.45, 7) is 2.50. The molecule has 0 bridgehead atoms. The summed E-state index contributed by atoms with van der Waals surface area (Å²) in [6.07, 6.45) is 3.36. The average molecular weight is 253 g/mol. The first-order valence-electron chi connectivity index (χ1n) is 6.08. The second kappa shape index (κ2) is 5.65. The maximum absolute atomic E-state index is 12.0. The molecule has 1 aliphatic carbocycles. The molecule has 1 unspecified atom stereocenters. The Kier molecular flexibility index (Phi) is 4.19. The van der Waals surface area contributed by atoms with Gasteiger partial charge in [0.2, 0.25) is 0 Å². The Labute approximate surface area is 107 Å². The smallest absolute Gasteiger partial charge is 0.191 e. The van der Waals surface area contributed by atoms with E-state index >= 15 is 0 Å². The Bertz CT molecular complexity index is 382. The van der Waals surface area contributed by atoms with Crippen molar-refractivity contribution in [3.05, 3.63) is 34.9 Å². The molecule has 1 aromatic rings. The van der Waals surface area contributed by atoms with E-state index in [9.17, 15) is 4.79 Å². The molecule has 1 aromatic carbocycles. The van der Waals surface area contributed by atoms with Gasteiger partial charge in [0, 0.05) is 17.2 Å². The van der Waals surface area contributed by atoms with E-state index in [0.717, 1.165) is 12.3 Å². The quantitative estimate of drug-likeness (QED) is 0.721. The molecule has 0 aromatic heterocycles. The number of hydrogen-bond acceptors (Lipinski definition) is 2. The van der Waals surface area contributed by atoms with Crippen LogP contribution in [0.4, 0.5) is 0 Å². The summed E-state index contributed by atoms with van der Waals surface area (Å²) < 4.78 is 5.56. The molecule has 0 N–H and O–H groups in total. The molecule has 3 heteroatoms. The van der Waals surface area contributed by atoms with Crippen LogP contribution in [0.2, 0.25) is 5.02 Å². The van der Waals surface area contributed by atoms with Crippen molar-refractivity contribution >= 4 is 17.4 Å². The fourth-order valence-corrected chi connectivity index (χ4v) is 1.87. The van der Waals surface area contributed by atoms with Crippen molar-refractivity contribution in [1.82, 2.24) is 0 Å². The van der Waals surface area contributed by atoms with Gasteiger partial charge in [0.25, 0.3) is 0 Å². The maximum atomic E-state index is 12.0. The van der Waals surface area contributed by atoms with Crippen LogP contribution in [0.15, 0.2) is 24.3 Å². The highest BCUT2D eigenvalue weighted by Gasteiger charge is 2.22. The third-order valence-electron chi connectivity index (χ3n) is 3.09. The van der Waals surface area contributed by atoms with Gasteiger partial charge in [-0.1, -0.05) is 24.4 Å². The van der Waals surface area contributed by atoms with Gasteiger partial charge in [0.05, 0.1) is 0 Å². The molecule has 0 saturated heterocycles. The van der Waals surface area contributed by atoms with Gasteiger partial charge in [-0.15, -0.1) is 0 Å². The van der Waals surface area contributed by atoms with E-state index in [1.165, 1.54) is 12.8 Å². The lowest BCUT2D eigenvalue weighted by Gasteiger charge is -2.11. The molecule has 0 spiro atoms. The number of ketones is 1. The summed E-state index contributed by atoms with van der Waals surface area (Å²) in [7, 11) is 0. The number of benzene rings is 1. The van der Waals surface area contributed by atoms with Gasteiger partial charge in [-0.25, -0.2) is 0 Å². The highest BCUT2D eigenvalue weighted by Crippen LogP contribution is 2.32. The third kappa shape index (κ3) is 3.83. The highest BCUT2D eigenvalue weighted by atomic mass is 35.5. The lowest BCUT2D eigenvalue weighted by molar-refractivity contribution is 0.0457. The summed E-state index contributed by atoms with van der Waals surface area (Å²) in [4.78, 5) is 12.0. The first-order chi connectivity index (χ1) is 8.16. The van der Waals surface area contributed by atoms with Crippen LogP contribution in [-0.4, -0.2) is 18.5 Å². The van der Waals surface area contributed by atoms with Crippen molar-refractivity contribution in [2.45, 2.75) is 32.3 Å². The van der Waals surface area contributed by atoms with E-state index in [2.05, 4.69) is 0 Å². The van der Waals surface area contributed by atoms with Crippen LogP contribution < -0.4 is 0 Å². The SMILES string of the molecule is CC(OCCC1CC1)C(=O)c1ccc(Cl)cc1. The molecule has 2 rings (SSSR count). The Hall–Kier alpha value is -0.860. The number of carbonyl (C=O) groups excluding carboxylic acids is 1. The zero-order chi connectivity index (χ0) is 12.3. The lowest BCUT2D eigenvalue weighted by atomic mass is 10.1. The topological polar surface area (TPSA) is 26.3 Å². The molecule has 0 radical (unpaired) electrons. The normalized spacial score (nSPS) is 16.8. The number of halogens is 1. The summed E-state index contributed by atoms with van der Waals surface area (Å²) in [5.41, 5.74) is 0.660. The molecule has 1 fully saturated rings. The number of rotatable bonds is 6. The monoisotopic (exact) mass is 252 g/mol. The molecule has 1 atom stereocenters. The predicted molar refractivity (Wildman–Crippen MR) is 68.5 cm³/mol. The van der Waals surface area contributed by atoms with E-state index in [1.54, 1.807) is 24.3 Å². The molecular weight excluding hydrogens is 236 g/mol. The van der Waals surface area contributed by atoms with Crippen LogP contribution in [0.25, 0.3) is 0 Å². The minimum atomic E-state index is -0.366. The largest absolute Gasteiger partial charge is 0.370 e. The molecule has 92 valence electrons. The number of Topliss-reactive ketones (excluding diaryl/α,β-unsaturated/α-hetero) is 1. The minimum Gasteiger partial charge on any atom is -0.370 e. The molecule has 17 heavy (non-hydrogen) atoms. The van der Waals surface area contributed by atoms with Crippen molar-refractivity contribution in [1.29, 1.82) is 0 Å². The summed E-state index contributed by atoms with van der Waals surface area (Å²) >= 11 is 5.78. The van der Waals surface area contributed by atoms with E-state index in [4.69, 9.17) is 16.3 Å². The van der Waals surface area contributed by atoms with Crippen molar-refractivity contribution in [3.8, 4) is 0 Å². The average Bonchev–Trinajstić information content (AvgIpc) is 3.13. The fraction of sp³-hybridized carbons (Fsp3) is 0.500. The lowest BCUT2D eigenvalue weighted by Crippen LogP contribution is -2.21. The van der Waals surface area contributed by atoms with Crippen LogP contribution in [-0.2, 0) is 4.74 Å². The van der Waals surface area contributed by atoms with Crippen LogP contribution in [0, 0.1) is 5.92 Å². The summed E-state index contributed by atoms with van der Waals surface area (Å²) in [5.74, 6) is 0.866. The van der Waals surface area contributed by atoms with Crippen molar-refractivity contribution in [2.24, 2.45) is 5.92 Å². The van der Waals surface area contributed by atoms with Gasteiger partial charge in [0.1, 0.15) is 6.10 Å².